The minimum atomic E-state index is -0.216. The lowest BCUT2D eigenvalue weighted by Crippen LogP contribution is -2.25. The molecule has 28 heavy (non-hydrogen) atoms. The first-order chi connectivity index (χ1) is 13.5. The van der Waals surface area contributed by atoms with Gasteiger partial charge in [0.05, 0.1) is 16.7 Å². The van der Waals surface area contributed by atoms with Crippen LogP contribution in [0.5, 0.6) is 0 Å². The van der Waals surface area contributed by atoms with Gasteiger partial charge in [0.2, 0.25) is 5.91 Å². The summed E-state index contributed by atoms with van der Waals surface area (Å²) < 4.78 is 1.52. The predicted molar refractivity (Wildman–Crippen MR) is 113 cm³/mol. The van der Waals surface area contributed by atoms with Crippen LogP contribution >= 0.6 is 23.4 Å². The SMILES string of the molecule is Cc1ccc(Cl)cc1NC(=O)CSc1nc2ccccc2c(=O)n1CCCO. The van der Waals surface area contributed by atoms with E-state index in [9.17, 15) is 9.59 Å². The number of halogens is 1. The molecule has 1 amide bonds. The van der Waals surface area contributed by atoms with Crippen molar-refractivity contribution in [1.82, 2.24) is 9.55 Å². The number of hydrogen-bond donors (Lipinski definition) is 2. The van der Waals surface area contributed by atoms with Crippen molar-refractivity contribution in [3.05, 3.63) is 63.4 Å². The number of benzene rings is 2. The van der Waals surface area contributed by atoms with Crippen molar-refractivity contribution in [2.24, 2.45) is 0 Å². The monoisotopic (exact) mass is 417 g/mol. The summed E-state index contributed by atoms with van der Waals surface area (Å²) in [5.74, 6) is -0.123. The van der Waals surface area contributed by atoms with Gasteiger partial charge in [0.25, 0.3) is 5.56 Å². The first-order valence-electron chi connectivity index (χ1n) is 8.79. The van der Waals surface area contributed by atoms with E-state index in [0.717, 1.165) is 5.56 Å². The molecular formula is C20H20ClN3O3S. The van der Waals surface area contributed by atoms with Crippen LogP contribution in [0.4, 0.5) is 5.69 Å². The molecule has 0 saturated carbocycles. The van der Waals surface area contributed by atoms with Gasteiger partial charge in [-0.15, -0.1) is 0 Å². The second kappa shape index (κ2) is 9.23. The summed E-state index contributed by atoms with van der Waals surface area (Å²) in [4.78, 5) is 29.7. The first-order valence-corrected chi connectivity index (χ1v) is 10.1. The van der Waals surface area contributed by atoms with E-state index in [1.54, 1.807) is 30.3 Å². The van der Waals surface area contributed by atoms with Crippen LogP contribution in [0.15, 0.2) is 52.4 Å². The number of aryl methyl sites for hydroxylation is 1. The second-order valence-corrected chi connectivity index (χ2v) is 7.62. The zero-order chi connectivity index (χ0) is 20.1. The van der Waals surface area contributed by atoms with Gasteiger partial charge in [-0.1, -0.05) is 41.6 Å². The van der Waals surface area contributed by atoms with E-state index in [1.165, 1.54) is 16.3 Å². The molecular weight excluding hydrogens is 398 g/mol. The Morgan fingerprint density at radius 2 is 2.07 bits per heavy atom. The fraction of sp³-hybridized carbons (Fsp3) is 0.250. The number of carbonyl (C=O) groups excluding carboxylic acids is 1. The van der Waals surface area contributed by atoms with Crippen molar-refractivity contribution in [2.45, 2.75) is 25.0 Å². The van der Waals surface area contributed by atoms with E-state index in [1.807, 2.05) is 19.1 Å². The molecule has 6 nitrogen and oxygen atoms in total. The van der Waals surface area contributed by atoms with Crippen molar-refractivity contribution in [2.75, 3.05) is 17.7 Å². The van der Waals surface area contributed by atoms with Crippen molar-refractivity contribution in [1.29, 1.82) is 0 Å². The van der Waals surface area contributed by atoms with E-state index in [4.69, 9.17) is 16.7 Å². The minimum Gasteiger partial charge on any atom is -0.396 e. The highest BCUT2D eigenvalue weighted by Gasteiger charge is 2.13. The quantitative estimate of drug-likeness (QED) is 0.454. The lowest BCUT2D eigenvalue weighted by atomic mass is 10.2. The summed E-state index contributed by atoms with van der Waals surface area (Å²) in [5.41, 5.74) is 1.97. The summed E-state index contributed by atoms with van der Waals surface area (Å²) >= 11 is 7.18. The number of anilines is 1. The number of fused-ring (bicyclic) bond motifs is 1. The number of para-hydroxylation sites is 1. The van der Waals surface area contributed by atoms with E-state index in [0.29, 0.717) is 39.7 Å². The van der Waals surface area contributed by atoms with Crippen LogP contribution in [0, 0.1) is 6.92 Å². The molecule has 1 aromatic heterocycles. The summed E-state index contributed by atoms with van der Waals surface area (Å²) in [5, 5.41) is 13.5. The third kappa shape index (κ3) is 4.73. The third-order valence-electron chi connectivity index (χ3n) is 4.17. The Morgan fingerprint density at radius 1 is 1.29 bits per heavy atom. The molecule has 3 aromatic rings. The molecule has 0 fully saturated rings. The fourth-order valence-corrected chi connectivity index (χ4v) is 3.73. The van der Waals surface area contributed by atoms with Crippen LogP contribution < -0.4 is 10.9 Å². The molecule has 0 bridgehead atoms. The molecule has 0 saturated heterocycles. The Labute approximate surface area is 171 Å². The number of rotatable bonds is 7. The first kappa shape index (κ1) is 20.4. The van der Waals surface area contributed by atoms with Crippen molar-refractivity contribution in [3.63, 3.8) is 0 Å². The van der Waals surface area contributed by atoms with Crippen LogP contribution in [0.3, 0.4) is 0 Å². The summed E-state index contributed by atoms with van der Waals surface area (Å²) in [6.45, 7) is 2.19. The van der Waals surface area contributed by atoms with Gasteiger partial charge in [0, 0.05) is 23.9 Å². The Kier molecular flexibility index (Phi) is 6.72. The van der Waals surface area contributed by atoms with Crippen LogP contribution in [-0.2, 0) is 11.3 Å². The second-order valence-electron chi connectivity index (χ2n) is 6.24. The fourth-order valence-electron chi connectivity index (χ4n) is 2.73. The number of aliphatic hydroxyl groups excluding tert-OH is 1. The van der Waals surface area contributed by atoms with E-state index in [2.05, 4.69) is 10.3 Å². The minimum absolute atomic E-state index is 0.0299. The number of hydrogen-bond acceptors (Lipinski definition) is 5. The highest BCUT2D eigenvalue weighted by atomic mass is 35.5. The van der Waals surface area contributed by atoms with Gasteiger partial charge in [-0.3, -0.25) is 14.2 Å². The Balaban J connectivity index is 1.81. The highest BCUT2D eigenvalue weighted by Crippen LogP contribution is 2.22. The summed E-state index contributed by atoms with van der Waals surface area (Å²) in [7, 11) is 0. The average molecular weight is 418 g/mol. The molecule has 8 heteroatoms. The van der Waals surface area contributed by atoms with Gasteiger partial charge < -0.3 is 10.4 Å². The average Bonchev–Trinajstić information content (AvgIpc) is 2.69. The van der Waals surface area contributed by atoms with Crippen LogP contribution in [0.25, 0.3) is 10.9 Å². The number of amides is 1. The van der Waals surface area contributed by atoms with Crippen molar-refractivity contribution < 1.29 is 9.90 Å². The zero-order valence-corrected chi connectivity index (χ0v) is 16.9. The van der Waals surface area contributed by atoms with Gasteiger partial charge in [-0.05, 0) is 43.2 Å². The van der Waals surface area contributed by atoms with Gasteiger partial charge >= 0.3 is 0 Å². The van der Waals surface area contributed by atoms with Crippen molar-refractivity contribution >= 4 is 45.9 Å². The number of aromatic nitrogens is 2. The predicted octanol–water partition coefficient (Wildman–Crippen LogP) is 3.47. The number of aliphatic hydroxyl groups is 1. The molecule has 2 N–H and O–H groups in total. The highest BCUT2D eigenvalue weighted by molar-refractivity contribution is 7.99. The molecule has 0 aliphatic carbocycles. The molecule has 0 atom stereocenters. The molecule has 0 radical (unpaired) electrons. The number of nitrogens with zero attached hydrogens (tertiary/aromatic N) is 2. The van der Waals surface area contributed by atoms with Gasteiger partial charge in [0.1, 0.15) is 0 Å². The van der Waals surface area contributed by atoms with E-state index in [-0.39, 0.29) is 23.8 Å². The maximum Gasteiger partial charge on any atom is 0.262 e. The van der Waals surface area contributed by atoms with E-state index < -0.39 is 0 Å². The summed E-state index contributed by atoms with van der Waals surface area (Å²) in [6.07, 6.45) is 0.432. The Bertz CT molecular complexity index is 1070. The maximum atomic E-state index is 12.8. The Hall–Kier alpha value is -2.35. The third-order valence-corrected chi connectivity index (χ3v) is 5.38. The summed E-state index contributed by atoms with van der Waals surface area (Å²) in [6, 6.07) is 12.4. The molecule has 146 valence electrons. The molecule has 0 aliphatic heterocycles. The number of carbonyl (C=O) groups is 1. The molecule has 1 heterocycles. The smallest absolute Gasteiger partial charge is 0.262 e. The normalized spacial score (nSPS) is 11.0. The lowest BCUT2D eigenvalue weighted by Gasteiger charge is -2.13. The standard InChI is InChI=1S/C20H20ClN3O3S/c1-13-7-8-14(21)11-17(13)22-18(26)12-28-20-23-16-6-3-2-5-15(16)19(27)24(20)9-4-10-25/h2-3,5-8,11,25H,4,9-10,12H2,1H3,(H,22,26). The maximum absolute atomic E-state index is 12.8. The van der Waals surface area contributed by atoms with Crippen molar-refractivity contribution in [3.8, 4) is 0 Å². The van der Waals surface area contributed by atoms with Crippen LogP contribution in [-0.4, -0.2) is 32.9 Å². The van der Waals surface area contributed by atoms with Gasteiger partial charge in [-0.2, -0.15) is 0 Å². The topological polar surface area (TPSA) is 84.2 Å². The van der Waals surface area contributed by atoms with Crippen LogP contribution in [0.2, 0.25) is 5.02 Å². The lowest BCUT2D eigenvalue weighted by molar-refractivity contribution is -0.113. The zero-order valence-electron chi connectivity index (χ0n) is 15.3. The largest absolute Gasteiger partial charge is 0.396 e. The molecule has 0 aliphatic rings. The Morgan fingerprint density at radius 3 is 2.86 bits per heavy atom. The van der Waals surface area contributed by atoms with Gasteiger partial charge in [-0.25, -0.2) is 4.98 Å². The van der Waals surface area contributed by atoms with Crippen LogP contribution in [0.1, 0.15) is 12.0 Å². The van der Waals surface area contributed by atoms with Gasteiger partial charge in [0.15, 0.2) is 5.16 Å². The number of thioether (sulfide) groups is 1. The van der Waals surface area contributed by atoms with E-state index >= 15 is 0 Å². The number of nitrogens with one attached hydrogen (secondary N) is 1. The molecule has 0 spiro atoms. The molecule has 2 aromatic carbocycles. The molecule has 0 unspecified atom stereocenters. The molecule has 3 rings (SSSR count).